The van der Waals surface area contributed by atoms with E-state index in [4.69, 9.17) is 0 Å². The fraction of sp³-hybridized carbons (Fsp3) is 0.375. The van der Waals surface area contributed by atoms with Gasteiger partial charge in [0.15, 0.2) is 0 Å². The van der Waals surface area contributed by atoms with Gasteiger partial charge in [-0.05, 0) is 11.6 Å². The normalized spacial score (nSPS) is 21.7. The topological polar surface area (TPSA) is 49.2 Å². The summed E-state index contributed by atoms with van der Waals surface area (Å²) in [6.07, 6.45) is 1.79. The van der Waals surface area contributed by atoms with E-state index in [0.717, 1.165) is 5.56 Å². The van der Waals surface area contributed by atoms with Gasteiger partial charge in [0.1, 0.15) is 17.8 Å². The van der Waals surface area contributed by atoms with Crippen molar-refractivity contribution in [2.45, 2.75) is 25.1 Å². The van der Waals surface area contributed by atoms with Crippen LogP contribution in [0.5, 0.6) is 0 Å². The lowest BCUT2D eigenvalue weighted by Gasteiger charge is -2.23. The fourth-order valence-corrected chi connectivity index (χ4v) is 2.73. The van der Waals surface area contributed by atoms with Gasteiger partial charge in [0.05, 0.1) is 19.2 Å². The van der Waals surface area contributed by atoms with E-state index in [-0.39, 0.29) is 19.2 Å². The first-order chi connectivity index (χ1) is 10.3. The van der Waals surface area contributed by atoms with Crippen molar-refractivity contribution in [1.29, 1.82) is 0 Å². The SMILES string of the molecule is OC[C@@H]1C[C@H](F)CN1c1ccnc(Cc2ccccc2)n1. The minimum atomic E-state index is -0.908. The van der Waals surface area contributed by atoms with Gasteiger partial charge < -0.3 is 10.0 Å². The van der Waals surface area contributed by atoms with Gasteiger partial charge >= 0.3 is 0 Å². The Hall–Kier alpha value is -2.01. The van der Waals surface area contributed by atoms with Crippen LogP contribution in [-0.2, 0) is 6.42 Å². The Labute approximate surface area is 123 Å². The third-order valence-corrected chi connectivity index (χ3v) is 3.76. The molecule has 5 heteroatoms. The molecule has 0 saturated carbocycles. The molecule has 1 aliphatic heterocycles. The van der Waals surface area contributed by atoms with Gasteiger partial charge in [-0.2, -0.15) is 0 Å². The molecule has 1 fully saturated rings. The Bertz CT molecular complexity index is 593. The number of alkyl halides is 1. The molecule has 0 radical (unpaired) electrons. The van der Waals surface area contributed by atoms with Crippen molar-refractivity contribution >= 4 is 5.82 Å². The minimum absolute atomic E-state index is 0.0571. The zero-order valence-electron chi connectivity index (χ0n) is 11.7. The highest BCUT2D eigenvalue weighted by molar-refractivity contribution is 5.41. The van der Waals surface area contributed by atoms with Gasteiger partial charge in [0.2, 0.25) is 0 Å². The van der Waals surface area contributed by atoms with E-state index in [1.54, 1.807) is 12.3 Å². The highest BCUT2D eigenvalue weighted by Crippen LogP contribution is 2.25. The second kappa shape index (κ2) is 6.18. The van der Waals surface area contributed by atoms with Crippen molar-refractivity contribution in [2.75, 3.05) is 18.1 Å². The van der Waals surface area contributed by atoms with Crippen LogP contribution in [-0.4, -0.2) is 40.4 Å². The lowest BCUT2D eigenvalue weighted by Crippen LogP contribution is -2.33. The molecular formula is C16H18FN3O. The van der Waals surface area contributed by atoms with E-state index >= 15 is 0 Å². The molecule has 1 aromatic carbocycles. The maximum Gasteiger partial charge on any atom is 0.135 e. The molecule has 0 bridgehead atoms. The number of aliphatic hydroxyl groups excluding tert-OH is 1. The predicted molar refractivity (Wildman–Crippen MR) is 79.0 cm³/mol. The van der Waals surface area contributed by atoms with Crippen LogP contribution in [0, 0.1) is 0 Å². The molecule has 1 aliphatic rings. The zero-order valence-corrected chi connectivity index (χ0v) is 11.7. The van der Waals surface area contributed by atoms with E-state index in [9.17, 15) is 9.50 Å². The molecule has 1 N–H and O–H groups in total. The summed E-state index contributed by atoms with van der Waals surface area (Å²) in [5.41, 5.74) is 1.14. The third kappa shape index (κ3) is 3.19. The first kappa shape index (κ1) is 13.9. The van der Waals surface area contributed by atoms with Crippen molar-refractivity contribution in [1.82, 2.24) is 9.97 Å². The molecule has 0 unspecified atom stereocenters. The third-order valence-electron chi connectivity index (χ3n) is 3.76. The zero-order chi connectivity index (χ0) is 14.7. The average molecular weight is 287 g/mol. The van der Waals surface area contributed by atoms with Crippen LogP contribution in [0.4, 0.5) is 10.2 Å². The number of anilines is 1. The summed E-state index contributed by atoms with van der Waals surface area (Å²) < 4.78 is 13.5. The van der Waals surface area contributed by atoms with Gasteiger partial charge in [-0.25, -0.2) is 14.4 Å². The summed E-state index contributed by atoms with van der Waals surface area (Å²) in [5.74, 6) is 1.40. The molecule has 110 valence electrons. The van der Waals surface area contributed by atoms with Gasteiger partial charge in [-0.1, -0.05) is 30.3 Å². The van der Waals surface area contributed by atoms with Crippen molar-refractivity contribution in [3.05, 3.63) is 54.0 Å². The Morgan fingerprint density at radius 1 is 1.24 bits per heavy atom. The smallest absolute Gasteiger partial charge is 0.135 e. The van der Waals surface area contributed by atoms with Gasteiger partial charge in [-0.15, -0.1) is 0 Å². The molecule has 21 heavy (non-hydrogen) atoms. The van der Waals surface area contributed by atoms with Crippen LogP contribution in [0.25, 0.3) is 0 Å². The molecular weight excluding hydrogens is 269 g/mol. The highest BCUT2D eigenvalue weighted by atomic mass is 19.1. The average Bonchev–Trinajstić information content (AvgIpc) is 2.90. The number of nitrogens with zero attached hydrogens (tertiary/aromatic N) is 3. The minimum Gasteiger partial charge on any atom is -0.394 e. The number of hydrogen-bond donors (Lipinski definition) is 1. The van der Waals surface area contributed by atoms with Crippen LogP contribution in [0.15, 0.2) is 42.6 Å². The van der Waals surface area contributed by atoms with Crippen LogP contribution < -0.4 is 4.90 Å². The van der Waals surface area contributed by atoms with E-state index in [1.807, 2.05) is 35.2 Å². The largest absolute Gasteiger partial charge is 0.394 e. The Morgan fingerprint density at radius 2 is 2.05 bits per heavy atom. The van der Waals surface area contributed by atoms with E-state index in [0.29, 0.717) is 24.5 Å². The number of benzene rings is 1. The molecule has 1 aromatic heterocycles. The first-order valence-corrected chi connectivity index (χ1v) is 7.13. The molecule has 3 rings (SSSR count). The summed E-state index contributed by atoms with van der Waals surface area (Å²) in [6, 6.07) is 11.6. The first-order valence-electron chi connectivity index (χ1n) is 7.13. The Balaban J connectivity index is 1.80. The number of aliphatic hydroxyl groups is 1. The number of aromatic nitrogens is 2. The lowest BCUT2D eigenvalue weighted by molar-refractivity contribution is 0.255. The maximum absolute atomic E-state index is 13.5. The molecule has 0 amide bonds. The summed E-state index contributed by atoms with van der Waals surface area (Å²) in [7, 11) is 0. The van der Waals surface area contributed by atoms with Gasteiger partial charge in [0, 0.05) is 19.0 Å². The number of halogens is 1. The monoisotopic (exact) mass is 287 g/mol. The Morgan fingerprint density at radius 3 is 2.81 bits per heavy atom. The lowest BCUT2D eigenvalue weighted by atomic mass is 10.1. The summed E-state index contributed by atoms with van der Waals surface area (Å²) in [4.78, 5) is 10.6. The molecule has 2 aromatic rings. The molecule has 2 atom stereocenters. The highest BCUT2D eigenvalue weighted by Gasteiger charge is 2.32. The van der Waals surface area contributed by atoms with Gasteiger partial charge in [-0.3, -0.25) is 0 Å². The summed E-state index contributed by atoms with van der Waals surface area (Å²) in [5, 5.41) is 9.37. The molecule has 2 heterocycles. The van der Waals surface area contributed by atoms with Crippen molar-refractivity contribution < 1.29 is 9.50 Å². The Kier molecular flexibility index (Phi) is 4.10. The van der Waals surface area contributed by atoms with Crippen molar-refractivity contribution in [3.8, 4) is 0 Å². The quantitative estimate of drug-likeness (QED) is 0.934. The van der Waals surface area contributed by atoms with Crippen LogP contribution in [0.2, 0.25) is 0 Å². The predicted octanol–water partition coefficient (Wildman–Crippen LogP) is 1.98. The molecule has 1 saturated heterocycles. The van der Waals surface area contributed by atoms with E-state index < -0.39 is 6.17 Å². The standard InChI is InChI=1S/C16H18FN3O/c17-13-9-14(11-21)20(10-13)16-6-7-18-15(19-16)8-12-4-2-1-3-5-12/h1-7,13-14,21H,8-11H2/t13-,14-/m0/s1. The number of rotatable bonds is 4. The molecule has 0 spiro atoms. The van der Waals surface area contributed by atoms with Crippen molar-refractivity contribution in [3.63, 3.8) is 0 Å². The molecule has 0 aliphatic carbocycles. The second-order valence-electron chi connectivity index (χ2n) is 5.32. The molecule has 4 nitrogen and oxygen atoms in total. The van der Waals surface area contributed by atoms with Crippen LogP contribution in [0.3, 0.4) is 0 Å². The van der Waals surface area contributed by atoms with E-state index in [2.05, 4.69) is 9.97 Å². The second-order valence-corrected chi connectivity index (χ2v) is 5.32. The maximum atomic E-state index is 13.5. The fourth-order valence-electron chi connectivity index (χ4n) is 2.73. The number of hydrogen-bond acceptors (Lipinski definition) is 4. The summed E-state index contributed by atoms with van der Waals surface area (Å²) in [6.45, 7) is 0.228. The van der Waals surface area contributed by atoms with E-state index in [1.165, 1.54) is 0 Å². The van der Waals surface area contributed by atoms with Gasteiger partial charge in [0.25, 0.3) is 0 Å². The van der Waals surface area contributed by atoms with Crippen LogP contribution >= 0.6 is 0 Å². The van der Waals surface area contributed by atoms with Crippen molar-refractivity contribution in [2.24, 2.45) is 0 Å². The van der Waals surface area contributed by atoms with Crippen LogP contribution in [0.1, 0.15) is 17.8 Å². The summed E-state index contributed by atoms with van der Waals surface area (Å²) >= 11 is 0.